The number of carbonyl (C=O) groups is 1. The molecule has 6 nitrogen and oxygen atoms in total. The second kappa shape index (κ2) is 10.7. The van der Waals surface area contributed by atoms with E-state index in [1.54, 1.807) is 7.11 Å². The quantitative estimate of drug-likeness (QED) is 0.666. The third-order valence-corrected chi connectivity index (χ3v) is 4.34. The number of hydrogen-bond acceptors (Lipinski definition) is 4. The van der Waals surface area contributed by atoms with E-state index in [4.69, 9.17) is 9.47 Å². The molecule has 1 unspecified atom stereocenters. The number of nitrogens with zero attached hydrogens (tertiary/aromatic N) is 1. The minimum Gasteiger partial charge on any atom is -0.493 e. The van der Waals surface area contributed by atoms with Crippen molar-refractivity contribution in [1.29, 1.82) is 0 Å². The van der Waals surface area contributed by atoms with Gasteiger partial charge in [0, 0.05) is 13.1 Å². The van der Waals surface area contributed by atoms with Gasteiger partial charge in [-0.25, -0.2) is 4.79 Å². The molecular formula is C23H33N3O3. The fourth-order valence-corrected chi connectivity index (χ4v) is 3.02. The van der Waals surface area contributed by atoms with Gasteiger partial charge in [-0.05, 0) is 63.7 Å². The van der Waals surface area contributed by atoms with Gasteiger partial charge in [0.1, 0.15) is 0 Å². The van der Waals surface area contributed by atoms with Crippen molar-refractivity contribution in [2.24, 2.45) is 0 Å². The molecular weight excluding hydrogens is 366 g/mol. The van der Waals surface area contributed by atoms with Crippen LogP contribution in [0.25, 0.3) is 0 Å². The summed E-state index contributed by atoms with van der Waals surface area (Å²) >= 11 is 0. The maximum absolute atomic E-state index is 12.3. The van der Waals surface area contributed by atoms with E-state index < -0.39 is 0 Å². The molecule has 2 aromatic carbocycles. The molecule has 2 rings (SSSR count). The number of hydrogen-bond donors (Lipinski definition) is 2. The summed E-state index contributed by atoms with van der Waals surface area (Å²) in [5, 5.41) is 5.90. The topological polar surface area (TPSA) is 62.8 Å². The summed E-state index contributed by atoms with van der Waals surface area (Å²) in [4.78, 5) is 14.5. The van der Waals surface area contributed by atoms with E-state index in [1.165, 1.54) is 5.56 Å². The normalized spacial score (nSPS) is 12.0. The minimum absolute atomic E-state index is 0.0623. The number of urea groups is 1. The number of methoxy groups -OCH3 is 1. The van der Waals surface area contributed by atoms with E-state index >= 15 is 0 Å². The van der Waals surface area contributed by atoms with Gasteiger partial charge in [-0.2, -0.15) is 0 Å². The summed E-state index contributed by atoms with van der Waals surface area (Å²) in [6.45, 7) is 7.23. The van der Waals surface area contributed by atoms with Gasteiger partial charge in [0.25, 0.3) is 0 Å². The maximum Gasteiger partial charge on any atom is 0.315 e. The second-order valence-electron chi connectivity index (χ2n) is 7.68. The molecule has 0 saturated carbocycles. The zero-order chi connectivity index (χ0) is 21.4. The van der Waals surface area contributed by atoms with Crippen molar-refractivity contribution < 1.29 is 14.3 Å². The average Bonchev–Trinajstić information content (AvgIpc) is 2.66. The van der Waals surface area contributed by atoms with E-state index in [-0.39, 0.29) is 18.2 Å². The van der Waals surface area contributed by atoms with Crippen molar-refractivity contribution in [3.8, 4) is 11.5 Å². The van der Waals surface area contributed by atoms with Gasteiger partial charge in [0.05, 0.1) is 19.3 Å². The molecule has 0 aliphatic rings. The van der Waals surface area contributed by atoms with E-state index in [2.05, 4.69) is 27.7 Å². The fourth-order valence-electron chi connectivity index (χ4n) is 3.02. The zero-order valence-electron chi connectivity index (χ0n) is 18.3. The fraction of sp³-hybridized carbons (Fsp3) is 0.435. The minimum atomic E-state index is -0.211. The highest BCUT2D eigenvalue weighted by Crippen LogP contribution is 2.31. The van der Waals surface area contributed by atoms with Crippen molar-refractivity contribution in [1.82, 2.24) is 15.5 Å². The van der Waals surface area contributed by atoms with Gasteiger partial charge >= 0.3 is 6.03 Å². The van der Waals surface area contributed by atoms with Crippen LogP contribution in [0.1, 0.15) is 43.5 Å². The van der Waals surface area contributed by atoms with Crippen molar-refractivity contribution in [3.63, 3.8) is 0 Å². The second-order valence-corrected chi connectivity index (χ2v) is 7.68. The van der Waals surface area contributed by atoms with Crippen LogP contribution in [-0.2, 0) is 13.1 Å². The Hall–Kier alpha value is -2.73. The van der Waals surface area contributed by atoms with Crippen LogP contribution in [-0.4, -0.2) is 38.2 Å². The molecule has 0 aromatic heterocycles. The van der Waals surface area contributed by atoms with Gasteiger partial charge in [-0.3, -0.25) is 0 Å². The van der Waals surface area contributed by atoms with E-state index in [0.717, 1.165) is 17.7 Å². The molecule has 2 aromatic rings. The molecule has 0 radical (unpaired) electrons. The van der Waals surface area contributed by atoms with Crippen LogP contribution in [0.3, 0.4) is 0 Å². The molecule has 0 aliphatic carbocycles. The summed E-state index contributed by atoms with van der Waals surface area (Å²) < 4.78 is 11.2. The SMILES string of the molecule is COc1cc(C(C)NC(=O)NCc2cccc(CN(C)C)c2)ccc1OC(C)C. The number of nitrogens with one attached hydrogen (secondary N) is 2. The molecule has 0 bridgehead atoms. The molecule has 0 heterocycles. The van der Waals surface area contributed by atoms with Crippen LogP contribution in [0.2, 0.25) is 0 Å². The lowest BCUT2D eigenvalue weighted by Crippen LogP contribution is -2.36. The summed E-state index contributed by atoms with van der Waals surface area (Å²) in [5.74, 6) is 1.35. The number of carbonyl (C=O) groups excluding carboxylic acids is 1. The predicted octanol–water partition coefficient (Wildman–Crippen LogP) is 4.10. The van der Waals surface area contributed by atoms with E-state index in [0.29, 0.717) is 18.0 Å². The lowest BCUT2D eigenvalue weighted by atomic mass is 10.1. The average molecular weight is 400 g/mol. The lowest BCUT2D eigenvalue weighted by Gasteiger charge is -2.18. The molecule has 158 valence electrons. The maximum atomic E-state index is 12.3. The third kappa shape index (κ3) is 7.31. The Balaban J connectivity index is 1.93. The molecule has 0 saturated heterocycles. The molecule has 6 heteroatoms. The first-order chi connectivity index (χ1) is 13.8. The van der Waals surface area contributed by atoms with Crippen molar-refractivity contribution in [2.45, 2.75) is 46.0 Å². The largest absolute Gasteiger partial charge is 0.493 e. The van der Waals surface area contributed by atoms with Crippen LogP contribution >= 0.6 is 0 Å². The summed E-state index contributed by atoms with van der Waals surface area (Å²) in [5.41, 5.74) is 3.24. The highest BCUT2D eigenvalue weighted by atomic mass is 16.5. The Morgan fingerprint density at radius 1 is 1.03 bits per heavy atom. The summed E-state index contributed by atoms with van der Waals surface area (Å²) in [6, 6.07) is 13.6. The standard InChI is InChI=1S/C23H33N3O3/c1-16(2)29-21-11-10-20(13-22(21)28-6)17(3)25-23(27)24-14-18-8-7-9-19(12-18)15-26(4)5/h7-13,16-17H,14-15H2,1-6H3,(H2,24,25,27). The molecule has 1 atom stereocenters. The number of rotatable bonds is 9. The Morgan fingerprint density at radius 2 is 1.76 bits per heavy atom. The molecule has 0 fully saturated rings. The molecule has 0 aliphatic heterocycles. The highest BCUT2D eigenvalue weighted by Gasteiger charge is 2.13. The van der Waals surface area contributed by atoms with E-state index in [1.807, 2.05) is 65.2 Å². The smallest absolute Gasteiger partial charge is 0.315 e. The molecule has 29 heavy (non-hydrogen) atoms. The van der Waals surface area contributed by atoms with Gasteiger partial charge in [-0.15, -0.1) is 0 Å². The predicted molar refractivity (Wildman–Crippen MR) is 116 cm³/mol. The summed E-state index contributed by atoms with van der Waals surface area (Å²) in [6.07, 6.45) is 0.0623. The van der Waals surface area contributed by atoms with Crippen molar-refractivity contribution >= 4 is 6.03 Å². The zero-order valence-corrected chi connectivity index (χ0v) is 18.3. The Labute approximate surface area is 174 Å². The third-order valence-electron chi connectivity index (χ3n) is 4.34. The first-order valence-electron chi connectivity index (χ1n) is 9.90. The first-order valence-corrected chi connectivity index (χ1v) is 9.90. The monoisotopic (exact) mass is 399 g/mol. The summed E-state index contributed by atoms with van der Waals surface area (Å²) in [7, 11) is 5.69. The molecule has 2 amide bonds. The van der Waals surface area contributed by atoms with Crippen molar-refractivity contribution in [2.75, 3.05) is 21.2 Å². The van der Waals surface area contributed by atoms with Crippen LogP contribution in [0, 0.1) is 0 Å². The van der Waals surface area contributed by atoms with Crippen LogP contribution in [0.15, 0.2) is 42.5 Å². The molecule has 0 spiro atoms. The number of ether oxygens (including phenoxy) is 2. The lowest BCUT2D eigenvalue weighted by molar-refractivity contribution is 0.230. The van der Waals surface area contributed by atoms with Gasteiger partial charge < -0.3 is 25.0 Å². The van der Waals surface area contributed by atoms with Gasteiger partial charge in [0.2, 0.25) is 0 Å². The Morgan fingerprint density at radius 3 is 2.41 bits per heavy atom. The highest BCUT2D eigenvalue weighted by molar-refractivity contribution is 5.74. The van der Waals surface area contributed by atoms with Crippen LogP contribution in [0.4, 0.5) is 4.79 Å². The van der Waals surface area contributed by atoms with Crippen LogP contribution < -0.4 is 20.1 Å². The van der Waals surface area contributed by atoms with E-state index in [9.17, 15) is 4.79 Å². The Bertz CT molecular complexity index is 806. The van der Waals surface area contributed by atoms with Gasteiger partial charge in [-0.1, -0.05) is 30.3 Å². The van der Waals surface area contributed by atoms with Gasteiger partial charge in [0.15, 0.2) is 11.5 Å². The first kappa shape index (κ1) is 22.6. The number of benzene rings is 2. The van der Waals surface area contributed by atoms with Crippen molar-refractivity contribution in [3.05, 3.63) is 59.2 Å². The Kier molecular flexibility index (Phi) is 8.34. The van der Waals surface area contributed by atoms with Crippen LogP contribution in [0.5, 0.6) is 11.5 Å². The molecule has 2 N–H and O–H groups in total. The number of amides is 2.